The number of aliphatic hydroxyl groups excluding tert-OH is 1. The second-order valence-corrected chi connectivity index (χ2v) is 3.66. The third-order valence-corrected chi connectivity index (χ3v) is 2.55. The smallest absolute Gasteiger partial charge is 0.131 e. The first-order valence-electron chi connectivity index (χ1n) is 5.02. The number of nitrogens with zero attached hydrogens (tertiary/aromatic N) is 1. The number of hydrogen-bond acceptors (Lipinski definition) is 2. The zero-order chi connectivity index (χ0) is 11.5. The zero-order valence-electron chi connectivity index (χ0n) is 8.94. The number of rotatable bonds is 2. The van der Waals surface area contributed by atoms with E-state index in [0.717, 1.165) is 11.1 Å². The van der Waals surface area contributed by atoms with E-state index < -0.39 is 0 Å². The quantitative estimate of drug-likeness (QED) is 0.839. The first-order chi connectivity index (χ1) is 7.72. The highest BCUT2D eigenvalue weighted by Gasteiger charge is 2.08. The third kappa shape index (κ3) is 1.95. The number of pyridine rings is 1. The Morgan fingerprint density at radius 2 is 2.06 bits per heavy atom. The largest absolute Gasteiger partial charge is 0.392 e. The lowest BCUT2D eigenvalue weighted by Gasteiger charge is -2.07. The van der Waals surface area contributed by atoms with E-state index in [2.05, 4.69) is 4.98 Å². The van der Waals surface area contributed by atoms with Gasteiger partial charge in [0, 0.05) is 23.5 Å². The Bertz CT molecular complexity index is 511. The van der Waals surface area contributed by atoms with Crippen molar-refractivity contribution in [3.05, 3.63) is 53.6 Å². The summed E-state index contributed by atoms with van der Waals surface area (Å²) in [6.07, 6.45) is 3.32. The lowest BCUT2D eigenvalue weighted by molar-refractivity contribution is 0.281. The van der Waals surface area contributed by atoms with Crippen molar-refractivity contribution in [2.24, 2.45) is 0 Å². The molecule has 16 heavy (non-hydrogen) atoms. The summed E-state index contributed by atoms with van der Waals surface area (Å²) in [6.45, 7) is 1.76. The van der Waals surface area contributed by atoms with E-state index in [1.165, 1.54) is 6.07 Å². The summed E-state index contributed by atoms with van der Waals surface area (Å²) in [4.78, 5) is 3.99. The van der Waals surface area contributed by atoms with Gasteiger partial charge in [0.15, 0.2) is 0 Å². The van der Waals surface area contributed by atoms with E-state index in [1.807, 2.05) is 13.0 Å². The van der Waals surface area contributed by atoms with Gasteiger partial charge >= 0.3 is 0 Å². The minimum Gasteiger partial charge on any atom is -0.392 e. The van der Waals surface area contributed by atoms with Crippen LogP contribution >= 0.6 is 0 Å². The second-order valence-electron chi connectivity index (χ2n) is 3.66. The first-order valence-corrected chi connectivity index (χ1v) is 5.02. The van der Waals surface area contributed by atoms with Crippen LogP contribution in [0.3, 0.4) is 0 Å². The summed E-state index contributed by atoms with van der Waals surface area (Å²) < 4.78 is 13.8. The molecule has 82 valence electrons. The maximum atomic E-state index is 13.8. The van der Waals surface area contributed by atoms with Crippen molar-refractivity contribution in [2.45, 2.75) is 13.5 Å². The van der Waals surface area contributed by atoms with E-state index in [4.69, 9.17) is 5.11 Å². The lowest BCUT2D eigenvalue weighted by Crippen LogP contribution is -1.91. The molecule has 0 spiro atoms. The molecule has 1 heterocycles. The van der Waals surface area contributed by atoms with Gasteiger partial charge in [-0.15, -0.1) is 0 Å². The minimum atomic E-state index is -0.331. The monoisotopic (exact) mass is 217 g/mol. The molecule has 0 fully saturated rings. The van der Waals surface area contributed by atoms with Crippen LogP contribution in [0, 0.1) is 12.7 Å². The Balaban J connectivity index is 2.53. The van der Waals surface area contributed by atoms with E-state index in [1.54, 1.807) is 24.5 Å². The molecule has 0 aliphatic carbocycles. The summed E-state index contributed by atoms with van der Waals surface area (Å²) >= 11 is 0. The van der Waals surface area contributed by atoms with Gasteiger partial charge in [0.05, 0.1) is 6.61 Å². The highest BCUT2D eigenvalue weighted by Crippen LogP contribution is 2.25. The minimum absolute atomic E-state index is 0.150. The van der Waals surface area contributed by atoms with Gasteiger partial charge in [-0.2, -0.15) is 0 Å². The fraction of sp³-hybridized carbons (Fsp3) is 0.154. The van der Waals surface area contributed by atoms with Gasteiger partial charge < -0.3 is 5.11 Å². The SMILES string of the molecule is Cc1ccncc1-c1ccc(CO)cc1F. The lowest BCUT2D eigenvalue weighted by atomic mass is 10.0. The fourth-order valence-corrected chi connectivity index (χ4v) is 1.62. The molecule has 0 bridgehead atoms. The van der Waals surface area contributed by atoms with Gasteiger partial charge in [0.2, 0.25) is 0 Å². The Hall–Kier alpha value is -1.74. The highest BCUT2D eigenvalue weighted by molar-refractivity contribution is 5.66. The zero-order valence-corrected chi connectivity index (χ0v) is 8.94. The Morgan fingerprint density at radius 1 is 1.25 bits per heavy atom. The predicted octanol–water partition coefficient (Wildman–Crippen LogP) is 2.69. The van der Waals surface area contributed by atoms with Crippen LogP contribution < -0.4 is 0 Å². The van der Waals surface area contributed by atoms with Crippen LogP contribution in [0.2, 0.25) is 0 Å². The highest BCUT2D eigenvalue weighted by atomic mass is 19.1. The van der Waals surface area contributed by atoms with Crippen molar-refractivity contribution in [1.82, 2.24) is 4.98 Å². The fourth-order valence-electron chi connectivity index (χ4n) is 1.62. The Morgan fingerprint density at radius 3 is 2.69 bits per heavy atom. The Kier molecular flexibility index (Phi) is 2.97. The van der Waals surface area contributed by atoms with Crippen LogP contribution in [-0.2, 0) is 6.61 Å². The average molecular weight is 217 g/mol. The van der Waals surface area contributed by atoms with Crippen molar-refractivity contribution in [2.75, 3.05) is 0 Å². The molecule has 0 aliphatic rings. The molecule has 1 aromatic carbocycles. The van der Waals surface area contributed by atoms with Gasteiger partial charge in [-0.05, 0) is 30.2 Å². The van der Waals surface area contributed by atoms with Crippen LogP contribution in [0.25, 0.3) is 11.1 Å². The molecule has 1 aromatic heterocycles. The topological polar surface area (TPSA) is 33.1 Å². The molecule has 0 amide bonds. The maximum absolute atomic E-state index is 13.8. The van der Waals surface area contributed by atoms with Crippen molar-refractivity contribution in [3.8, 4) is 11.1 Å². The van der Waals surface area contributed by atoms with E-state index >= 15 is 0 Å². The molecule has 0 unspecified atom stereocenters. The molecule has 2 nitrogen and oxygen atoms in total. The normalized spacial score (nSPS) is 10.4. The summed E-state index contributed by atoms with van der Waals surface area (Å²) in [6, 6.07) is 6.58. The van der Waals surface area contributed by atoms with Crippen molar-refractivity contribution in [3.63, 3.8) is 0 Å². The molecular weight excluding hydrogens is 205 g/mol. The van der Waals surface area contributed by atoms with E-state index in [9.17, 15) is 4.39 Å². The number of aromatic nitrogens is 1. The number of halogens is 1. The molecule has 1 N–H and O–H groups in total. The molecular formula is C13H12FNO. The maximum Gasteiger partial charge on any atom is 0.131 e. The summed E-state index contributed by atoms with van der Waals surface area (Å²) in [7, 11) is 0. The molecule has 0 saturated carbocycles. The van der Waals surface area contributed by atoms with Gasteiger partial charge in [-0.3, -0.25) is 4.98 Å². The van der Waals surface area contributed by atoms with Gasteiger partial charge in [0.25, 0.3) is 0 Å². The Labute approximate surface area is 93.4 Å². The predicted molar refractivity (Wildman–Crippen MR) is 60.3 cm³/mol. The third-order valence-electron chi connectivity index (χ3n) is 2.55. The summed E-state index contributed by atoms with van der Waals surface area (Å²) in [5, 5.41) is 8.90. The van der Waals surface area contributed by atoms with E-state index in [0.29, 0.717) is 11.1 Å². The van der Waals surface area contributed by atoms with Crippen LogP contribution in [0.4, 0.5) is 4.39 Å². The molecule has 0 radical (unpaired) electrons. The molecule has 2 rings (SSSR count). The number of hydrogen-bond donors (Lipinski definition) is 1. The first kappa shape index (κ1) is 10.8. The van der Waals surface area contributed by atoms with Crippen LogP contribution in [0.1, 0.15) is 11.1 Å². The van der Waals surface area contributed by atoms with Crippen LogP contribution in [-0.4, -0.2) is 10.1 Å². The molecule has 3 heteroatoms. The standard InChI is InChI=1S/C13H12FNO/c1-9-4-5-15-7-12(9)11-3-2-10(8-16)6-13(11)14/h2-7,16H,8H2,1H3. The molecule has 0 atom stereocenters. The van der Waals surface area contributed by atoms with Crippen LogP contribution in [0.15, 0.2) is 36.7 Å². The molecule has 0 saturated heterocycles. The molecule has 0 aliphatic heterocycles. The average Bonchev–Trinajstić information content (AvgIpc) is 2.30. The van der Waals surface area contributed by atoms with Gasteiger partial charge in [-0.25, -0.2) is 4.39 Å². The summed E-state index contributed by atoms with van der Waals surface area (Å²) in [5.41, 5.74) is 2.85. The number of benzene rings is 1. The van der Waals surface area contributed by atoms with Gasteiger partial charge in [0.1, 0.15) is 5.82 Å². The summed E-state index contributed by atoms with van der Waals surface area (Å²) in [5.74, 6) is -0.331. The van der Waals surface area contributed by atoms with Crippen LogP contribution in [0.5, 0.6) is 0 Å². The van der Waals surface area contributed by atoms with Crippen molar-refractivity contribution in [1.29, 1.82) is 0 Å². The van der Waals surface area contributed by atoms with Crippen molar-refractivity contribution >= 4 is 0 Å². The number of aliphatic hydroxyl groups is 1. The van der Waals surface area contributed by atoms with E-state index in [-0.39, 0.29) is 12.4 Å². The second kappa shape index (κ2) is 4.41. The van der Waals surface area contributed by atoms with Crippen molar-refractivity contribution < 1.29 is 9.50 Å². The molecule has 2 aromatic rings. The van der Waals surface area contributed by atoms with Gasteiger partial charge in [-0.1, -0.05) is 12.1 Å². The number of aryl methyl sites for hydroxylation is 1.